The maximum atomic E-state index is 5.81. The molecule has 19 heavy (non-hydrogen) atoms. The molecule has 0 bridgehead atoms. The highest BCUT2D eigenvalue weighted by Crippen LogP contribution is 2.29. The number of hydrogen-bond donors (Lipinski definition) is 1. The zero-order valence-corrected chi connectivity index (χ0v) is 12.2. The minimum absolute atomic E-state index is 0.372. The fourth-order valence-corrected chi connectivity index (χ4v) is 3.31. The van der Waals surface area contributed by atoms with Crippen molar-refractivity contribution in [2.75, 3.05) is 36.8 Å². The summed E-state index contributed by atoms with van der Waals surface area (Å²) in [5.74, 6) is 1.36. The van der Waals surface area contributed by atoms with Crippen molar-refractivity contribution in [3.63, 3.8) is 0 Å². The van der Waals surface area contributed by atoms with Crippen molar-refractivity contribution in [1.82, 2.24) is 14.9 Å². The Hall–Kier alpha value is -1.40. The van der Waals surface area contributed by atoms with E-state index >= 15 is 0 Å². The van der Waals surface area contributed by atoms with E-state index < -0.39 is 0 Å². The van der Waals surface area contributed by atoms with Gasteiger partial charge in [0.1, 0.15) is 10.6 Å². The van der Waals surface area contributed by atoms with Crippen LogP contribution in [0.1, 0.15) is 13.8 Å². The zero-order valence-electron chi connectivity index (χ0n) is 11.3. The maximum Gasteiger partial charge on any atom is 0.223 e. The van der Waals surface area contributed by atoms with Crippen molar-refractivity contribution in [3.05, 3.63) is 11.4 Å². The smallest absolute Gasteiger partial charge is 0.223 e. The molecular formula is C13H19N5S. The third-order valence-electron chi connectivity index (χ3n) is 3.67. The van der Waals surface area contributed by atoms with Gasteiger partial charge in [-0.2, -0.15) is 4.98 Å². The normalized spacial score (nSPS) is 17.5. The topological polar surface area (TPSA) is 58.3 Å². The number of nitrogen functional groups attached to an aromatic ring is 1. The van der Waals surface area contributed by atoms with Crippen LogP contribution < -0.4 is 10.6 Å². The van der Waals surface area contributed by atoms with Crippen LogP contribution in [0.15, 0.2) is 11.4 Å². The molecule has 0 aromatic carbocycles. The van der Waals surface area contributed by atoms with E-state index in [0.29, 0.717) is 12.0 Å². The number of rotatable bonds is 2. The van der Waals surface area contributed by atoms with E-state index in [2.05, 4.69) is 39.7 Å². The largest absolute Gasteiger partial charge is 0.368 e. The van der Waals surface area contributed by atoms with Crippen LogP contribution >= 0.6 is 11.3 Å². The predicted octanol–water partition coefficient (Wildman–Crippen LogP) is 1.80. The molecule has 0 aliphatic carbocycles. The highest BCUT2D eigenvalue weighted by atomic mass is 32.1. The fourth-order valence-electron chi connectivity index (χ4n) is 2.55. The summed E-state index contributed by atoms with van der Waals surface area (Å²) in [4.78, 5) is 14.5. The molecule has 5 nitrogen and oxygen atoms in total. The molecular weight excluding hydrogens is 258 g/mol. The molecule has 2 aromatic heterocycles. The number of nitrogens with two attached hydrogens (primary N) is 1. The molecule has 6 heteroatoms. The molecule has 102 valence electrons. The second-order valence-corrected chi connectivity index (χ2v) is 6.06. The molecule has 0 unspecified atom stereocenters. The van der Waals surface area contributed by atoms with Gasteiger partial charge in [-0.05, 0) is 25.3 Å². The molecule has 2 N–H and O–H groups in total. The summed E-state index contributed by atoms with van der Waals surface area (Å²) in [5, 5.41) is 3.17. The van der Waals surface area contributed by atoms with Gasteiger partial charge in [-0.1, -0.05) is 0 Å². The van der Waals surface area contributed by atoms with Gasteiger partial charge in [0.05, 0.1) is 5.39 Å². The van der Waals surface area contributed by atoms with E-state index in [0.717, 1.165) is 42.2 Å². The number of fused-ring (bicyclic) bond motifs is 1. The molecule has 0 spiro atoms. The van der Waals surface area contributed by atoms with Crippen molar-refractivity contribution in [3.8, 4) is 0 Å². The van der Waals surface area contributed by atoms with Crippen LogP contribution in [0, 0.1) is 0 Å². The molecule has 2 aromatic rings. The van der Waals surface area contributed by atoms with Crippen LogP contribution in [-0.4, -0.2) is 47.1 Å². The lowest BCUT2D eigenvalue weighted by Crippen LogP contribution is -2.49. The third kappa shape index (κ3) is 2.37. The van der Waals surface area contributed by atoms with Gasteiger partial charge in [-0.3, -0.25) is 4.90 Å². The van der Waals surface area contributed by atoms with E-state index in [1.165, 1.54) is 0 Å². The number of thiophene rings is 1. The van der Waals surface area contributed by atoms with Gasteiger partial charge in [0.15, 0.2) is 0 Å². The summed E-state index contributed by atoms with van der Waals surface area (Å²) in [6, 6.07) is 2.70. The Kier molecular flexibility index (Phi) is 3.28. The number of piperazine rings is 1. The van der Waals surface area contributed by atoms with Crippen molar-refractivity contribution in [1.29, 1.82) is 0 Å². The van der Waals surface area contributed by atoms with E-state index in [-0.39, 0.29) is 0 Å². The van der Waals surface area contributed by atoms with Crippen LogP contribution in [0.2, 0.25) is 0 Å². The summed E-state index contributed by atoms with van der Waals surface area (Å²) >= 11 is 1.62. The Morgan fingerprint density at radius 1 is 1.21 bits per heavy atom. The Morgan fingerprint density at radius 3 is 2.63 bits per heavy atom. The van der Waals surface area contributed by atoms with Crippen molar-refractivity contribution in [2.24, 2.45) is 0 Å². The zero-order chi connectivity index (χ0) is 13.4. The Labute approximate surface area is 117 Å². The summed E-state index contributed by atoms with van der Waals surface area (Å²) in [7, 11) is 0. The Morgan fingerprint density at radius 2 is 1.95 bits per heavy atom. The van der Waals surface area contributed by atoms with Crippen LogP contribution in [-0.2, 0) is 0 Å². The monoisotopic (exact) mass is 277 g/mol. The van der Waals surface area contributed by atoms with Gasteiger partial charge in [0.2, 0.25) is 5.95 Å². The minimum Gasteiger partial charge on any atom is -0.368 e. The predicted molar refractivity (Wildman–Crippen MR) is 80.7 cm³/mol. The first-order chi connectivity index (χ1) is 9.15. The van der Waals surface area contributed by atoms with Gasteiger partial charge < -0.3 is 10.6 Å². The van der Waals surface area contributed by atoms with Gasteiger partial charge in [-0.15, -0.1) is 11.3 Å². The number of hydrogen-bond acceptors (Lipinski definition) is 6. The lowest BCUT2D eigenvalue weighted by atomic mass is 10.2. The van der Waals surface area contributed by atoms with Gasteiger partial charge in [-0.25, -0.2) is 4.98 Å². The van der Waals surface area contributed by atoms with E-state index in [4.69, 9.17) is 5.73 Å². The number of nitrogens with zero attached hydrogens (tertiary/aromatic N) is 4. The molecule has 0 amide bonds. The molecule has 1 aliphatic heterocycles. The average Bonchev–Trinajstić information content (AvgIpc) is 2.85. The molecule has 3 rings (SSSR count). The SMILES string of the molecule is CC(C)N1CCN(c2nc(N)nc3sccc23)CC1. The van der Waals surface area contributed by atoms with Crippen molar-refractivity contribution >= 4 is 33.3 Å². The lowest BCUT2D eigenvalue weighted by molar-refractivity contribution is 0.209. The van der Waals surface area contributed by atoms with Crippen LogP contribution in [0.5, 0.6) is 0 Å². The Balaban J connectivity index is 1.87. The van der Waals surface area contributed by atoms with Crippen LogP contribution in [0.25, 0.3) is 10.2 Å². The van der Waals surface area contributed by atoms with Gasteiger partial charge >= 0.3 is 0 Å². The molecule has 1 fully saturated rings. The first kappa shape index (κ1) is 12.6. The number of aromatic nitrogens is 2. The van der Waals surface area contributed by atoms with E-state index in [9.17, 15) is 0 Å². The number of anilines is 2. The molecule has 3 heterocycles. The van der Waals surface area contributed by atoms with Crippen molar-refractivity contribution in [2.45, 2.75) is 19.9 Å². The van der Waals surface area contributed by atoms with E-state index in [1.807, 2.05) is 5.38 Å². The molecule has 0 saturated carbocycles. The first-order valence-electron chi connectivity index (χ1n) is 6.65. The van der Waals surface area contributed by atoms with Crippen molar-refractivity contribution < 1.29 is 0 Å². The summed E-state index contributed by atoms with van der Waals surface area (Å²) < 4.78 is 0. The fraction of sp³-hybridized carbons (Fsp3) is 0.538. The molecule has 1 aliphatic rings. The second-order valence-electron chi connectivity index (χ2n) is 5.16. The van der Waals surface area contributed by atoms with Gasteiger partial charge in [0.25, 0.3) is 0 Å². The lowest BCUT2D eigenvalue weighted by Gasteiger charge is -2.37. The minimum atomic E-state index is 0.372. The van der Waals surface area contributed by atoms with Gasteiger partial charge in [0, 0.05) is 32.2 Å². The highest BCUT2D eigenvalue weighted by Gasteiger charge is 2.22. The van der Waals surface area contributed by atoms with Crippen LogP contribution in [0.4, 0.5) is 11.8 Å². The summed E-state index contributed by atoms with van der Waals surface area (Å²) in [6.07, 6.45) is 0. The summed E-state index contributed by atoms with van der Waals surface area (Å²) in [6.45, 7) is 8.64. The Bertz CT molecular complexity index is 571. The highest BCUT2D eigenvalue weighted by molar-refractivity contribution is 7.16. The van der Waals surface area contributed by atoms with E-state index in [1.54, 1.807) is 11.3 Å². The maximum absolute atomic E-state index is 5.81. The molecule has 1 saturated heterocycles. The van der Waals surface area contributed by atoms with Crippen LogP contribution in [0.3, 0.4) is 0 Å². The summed E-state index contributed by atoms with van der Waals surface area (Å²) in [5.41, 5.74) is 5.81. The first-order valence-corrected chi connectivity index (χ1v) is 7.53. The quantitative estimate of drug-likeness (QED) is 0.907. The standard InChI is InChI=1S/C13H19N5S/c1-9(2)17-4-6-18(7-5-17)11-10-3-8-19-12(10)16-13(14)15-11/h3,8-9H,4-7H2,1-2H3,(H2,14,15,16). The average molecular weight is 277 g/mol. The third-order valence-corrected chi connectivity index (χ3v) is 4.47. The molecule has 0 radical (unpaired) electrons. The molecule has 0 atom stereocenters. The second kappa shape index (κ2) is 4.94.